The lowest BCUT2D eigenvalue weighted by atomic mass is 10.2. The van der Waals surface area contributed by atoms with E-state index in [-0.39, 0.29) is 10.7 Å². The molecule has 0 saturated heterocycles. The minimum Gasteiger partial charge on any atom is -0.397 e. The van der Waals surface area contributed by atoms with E-state index < -0.39 is 11.8 Å². The van der Waals surface area contributed by atoms with Gasteiger partial charge in [0.05, 0.1) is 17.4 Å². The lowest BCUT2D eigenvalue weighted by Crippen LogP contribution is -2.14. The molecule has 2 aromatic rings. The third-order valence-electron chi connectivity index (χ3n) is 2.53. The molecule has 0 bridgehead atoms. The summed E-state index contributed by atoms with van der Waals surface area (Å²) in [5.74, 6) is -0.979. The maximum atomic E-state index is 12.0. The fourth-order valence-electron chi connectivity index (χ4n) is 1.54. The Bertz CT molecular complexity index is 671. The van der Waals surface area contributed by atoms with E-state index in [2.05, 4.69) is 10.3 Å². The lowest BCUT2D eigenvalue weighted by Gasteiger charge is -2.07. The van der Waals surface area contributed by atoms with E-state index in [0.717, 1.165) is 0 Å². The van der Waals surface area contributed by atoms with Crippen LogP contribution in [0.25, 0.3) is 0 Å². The van der Waals surface area contributed by atoms with Gasteiger partial charge in [0, 0.05) is 11.3 Å². The number of nitrogens with one attached hydrogen (secondary N) is 1. The van der Waals surface area contributed by atoms with Crippen LogP contribution < -0.4 is 16.8 Å². The van der Waals surface area contributed by atoms with Crippen molar-refractivity contribution in [3.8, 4) is 0 Å². The fourth-order valence-corrected chi connectivity index (χ4v) is 1.73. The maximum Gasteiger partial charge on any atom is 0.258 e. The molecule has 2 rings (SSSR count). The van der Waals surface area contributed by atoms with E-state index in [1.165, 1.54) is 24.4 Å². The number of benzene rings is 1. The maximum absolute atomic E-state index is 12.0. The Balaban J connectivity index is 2.19. The third kappa shape index (κ3) is 3.04. The summed E-state index contributed by atoms with van der Waals surface area (Å²) in [6.07, 6.45) is 1.36. The summed E-state index contributed by atoms with van der Waals surface area (Å²) in [4.78, 5) is 26.8. The lowest BCUT2D eigenvalue weighted by molar-refractivity contribution is 0.0998. The summed E-state index contributed by atoms with van der Waals surface area (Å²) >= 11 is 5.84. The van der Waals surface area contributed by atoms with Crippen molar-refractivity contribution in [2.75, 3.05) is 11.1 Å². The van der Waals surface area contributed by atoms with E-state index in [9.17, 15) is 9.59 Å². The zero-order chi connectivity index (χ0) is 14.7. The zero-order valence-electron chi connectivity index (χ0n) is 10.3. The van der Waals surface area contributed by atoms with Crippen molar-refractivity contribution in [2.45, 2.75) is 0 Å². The predicted molar refractivity (Wildman–Crippen MR) is 76.6 cm³/mol. The highest BCUT2D eigenvalue weighted by atomic mass is 35.5. The molecule has 7 heteroatoms. The Hall–Kier alpha value is -2.60. The predicted octanol–water partition coefficient (Wildman–Crippen LogP) is 1.67. The molecule has 5 N–H and O–H groups in total. The van der Waals surface area contributed by atoms with Crippen molar-refractivity contribution in [3.63, 3.8) is 0 Å². The first-order valence-electron chi connectivity index (χ1n) is 5.59. The second-order valence-electron chi connectivity index (χ2n) is 4.00. The van der Waals surface area contributed by atoms with E-state index in [0.29, 0.717) is 16.9 Å². The number of pyridine rings is 1. The van der Waals surface area contributed by atoms with Crippen molar-refractivity contribution in [1.82, 2.24) is 4.98 Å². The van der Waals surface area contributed by atoms with Gasteiger partial charge in [0.2, 0.25) is 5.91 Å². The van der Waals surface area contributed by atoms with Crippen LogP contribution in [0.4, 0.5) is 11.4 Å². The number of anilines is 2. The monoisotopic (exact) mass is 290 g/mol. The van der Waals surface area contributed by atoms with Crippen LogP contribution >= 0.6 is 11.6 Å². The minimum atomic E-state index is -0.536. The molecule has 1 aromatic heterocycles. The summed E-state index contributed by atoms with van der Waals surface area (Å²) in [6.45, 7) is 0. The van der Waals surface area contributed by atoms with Gasteiger partial charge in [-0.2, -0.15) is 0 Å². The average molecular weight is 291 g/mol. The molecule has 2 amide bonds. The van der Waals surface area contributed by atoms with E-state index in [1.807, 2.05) is 0 Å². The van der Waals surface area contributed by atoms with Gasteiger partial charge in [-0.3, -0.25) is 9.59 Å². The number of hydrogen-bond donors (Lipinski definition) is 3. The molecule has 0 aliphatic heterocycles. The van der Waals surface area contributed by atoms with Gasteiger partial charge in [-0.25, -0.2) is 4.98 Å². The molecular weight excluding hydrogens is 280 g/mol. The topological polar surface area (TPSA) is 111 Å². The first-order chi connectivity index (χ1) is 9.47. The summed E-state index contributed by atoms with van der Waals surface area (Å²) in [5.41, 5.74) is 12.0. The van der Waals surface area contributed by atoms with Crippen LogP contribution in [0.5, 0.6) is 0 Å². The van der Waals surface area contributed by atoms with Crippen LogP contribution in [0.1, 0.15) is 20.7 Å². The summed E-state index contributed by atoms with van der Waals surface area (Å²) < 4.78 is 0. The fraction of sp³-hybridized carbons (Fsp3) is 0. The van der Waals surface area contributed by atoms with Gasteiger partial charge < -0.3 is 16.8 Å². The van der Waals surface area contributed by atoms with Crippen molar-refractivity contribution in [2.24, 2.45) is 5.73 Å². The smallest absolute Gasteiger partial charge is 0.258 e. The molecule has 0 atom stereocenters. The van der Waals surface area contributed by atoms with Gasteiger partial charge >= 0.3 is 0 Å². The second kappa shape index (κ2) is 5.58. The molecule has 0 aliphatic rings. The van der Waals surface area contributed by atoms with E-state index in [1.54, 1.807) is 12.1 Å². The highest BCUT2D eigenvalue weighted by Gasteiger charge is 2.12. The Labute approximate surface area is 119 Å². The number of rotatable bonds is 3. The van der Waals surface area contributed by atoms with Crippen LogP contribution in [0.3, 0.4) is 0 Å². The molecule has 1 aromatic carbocycles. The molecule has 6 nitrogen and oxygen atoms in total. The number of nitrogens with zero attached hydrogens (tertiary/aromatic N) is 1. The van der Waals surface area contributed by atoms with Crippen LogP contribution in [0, 0.1) is 0 Å². The highest BCUT2D eigenvalue weighted by Crippen LogP contribution is 2.18. The Morgan fingerprint density at radius 3 is 2.45 bits per heavy atom. The molecule has 0 spiro atoms. The molecule has 1 heterocycles. The normalized spacial score (nSPS) is 10.1. The molecule has 20 heavy (non-hydrogen) atoms. The first kappa shape index (κ1) is 13.8. The van der Waals surface area contributed by atoms with Crippen LogP contribution in [0.2, 0.25) is 5.15 Å². The van der Waals surface area contributed by atoms with Gasteiger partial charge in [-0.1, -0.05) is 11.6 Å². The summed E-state index contributed by atoms with van der Waals surface area (Å²) in [5, 5.41) is 2.68. The summed E-state index contributed by atoms with van der Waals surface area (Å²) in [7, 11) is 0. The minimum absolute atomic E-state index is 0.0606. The molecule has 0 fully saturated rings. The number of primary amides is 1. The standard InChI is InChI=1S/C13H11ClN4O2/c14-11-10(5-8(15)6-17-11)13(20)18-9-3-1-7(2-4-9)12(16)19/h1-6H,15H2,(H2,16,19)(H,18,20). The number of carbonyl (C=O) groups excluding carboxylic acids is 2. The molecule has 0 aliphatic carbocycles. The Kier molecular flexibility index (Phi) is 3.86. The highest BCUT2D eigenvalue weighted by molar-refractivity contribution is 6.33. The van der Waals surface area contributed by atoms with Gasteiger partial charge in [0.15, 0.2) is 0 Å². The number of aromatic nitrogens is 1. The van der Waals surface area contributed by atoms with E-state index in [4.69, 9.17) is 23.1 Å². The summed E-state index contributed by atoms with van der Waals surface area (Å²) in [6, 6.07) is 7.58. The SMILES string of the molecule is NC(=O)c1ccc(NC(=O)c2cc(N)cnc2Cl)cc1. The molecule has 102 valence electrons. The van der Waals surface area contributed by atoms with Gasteiger partial charge in [-0.05, 0) is 30.3 Å². The van der Waals surface area contributed by atoms with Crippen LogP contribution in [-0.4, -0.2) is 16.8 Å². The number of hydrogen-bond acceptors (Lipinski definition) is 4. The van der Waals surface area contributed by atoms with Gasteiger partial charge in [0.1, 0.15) is 5.15 Å². The molecule has 0 saturated carbocycles. The Morgan fingerprint density at radius 2 is 1.85 bits per heavy atom. The number of carbonyl (C=O) groups is 2. The molecular formula is C13H11ClN4O2. The number of nitrogens with two attached hydrogens (primary N) is 2. The number of amides is 2. The van der Waals surface area contributed by atoms with Crippen molar-refractivity contribution in [3.05, 3.63) is 52.8 Å². The second-order valence-corrected chi connectivity index (χ2v) is 4.36. The molecule has 0 unspecified atom stereocenters. The zero-order valence-corrected chi connectivity index (χ0v) is 11.0. The van der Waals surface area contributed by atoms with Crippen molar-refractivity contribution in [1.29, 1.82) is 0 Å². The quantitative estimate of drug-likeness (QED) is 0.746. The average Bonchev–Trinajstić information content (AvgIpc) is 2.42. The van der Waals surface area contributed by atoms with Crippen LogP contribution in [0.15, 0.2) is 36.5 Å². The Morgan fingerprint density at radius 1 is 1.20 bits per heavy atom. The number of nitrogen functional groups attached to an aromatic ring is 1. The van der Waals surface area contributed by atoms with Gasteiger partial charge in [-0.15, -0.1) is 0 Å². The van der Waals surface area contributed by atoms with Crippen LogP contribution in [-0.2, 0) is 0 Å². The van der Waals surface area contributed by atoms with Crippen molar-refractivity contribution >= 4 is 34.8 Å². The van der Waals surface area contributed by atoms with Gasteiger partial charge in [0.25, 0.3) is 5.91 Å². The van der Waals surface area contributed by atoms with Crippen molar-refractivity contribution < 1.29 is 9.59 Å². The number of halogens is 1. The largest absolute Gasteiger partial charge is 0.397 e. The molecule has 0 radical (unpaired) electrons. The third-order valence-corrected chi connectivity index (χ3v) is 2.83. The first-order valence-corrected chi connectivity index (χ1v) is 5.97. The van der Waals surface area contributed by atoms with E-state index >= 15 is 0 Å².